The molecule has 7 heteroatoms. The van der Waals surface area contributed by atoms with Crippen molar-refractivity contribution in [1.29, 1.82) is 0 Å². The van der Waals surface area contributed by atoms with Crippen LogP contribution in [0, 0.1) is 0 Å². The number of benzene rings is 1. The Hall–Kier alpha value is -2.54. The lowest BCUT2D eigenvalue weighted by atomic mass is 10.2. The zero-order valence-electron chi connectivity index (χ0n) is 10.6. The number of nitrogens with zero attached hydrogens (tertiary/aromatic N) is 6. The number of aryl methyl sites for hydroxylation is 1. The first-order valence-electron chi connectivity index (χ1n) is 6.06. The molecule has 3 aromatic heterocycles. The molecule has 20 heavy (non-hydrogen) atoms. The Labute approximate surface area is 118 Å². The molecule has 3 heterocycles. The molecular weight excluding hydrogens is 272 g/mol. The van der Waals surface area contributed by atoms with Crippen molar-refractivity contribution in [3.63, 3.8) is 0 Å². The van der Waals surface area contributed by atoms with Crippen molar-refractivity contribution in [2.45, 2.75) is 0 Å². The Kier molecular flexibility index (Phi) is 2.40. The van der Waals surface area contributed by atoms with Gasteiger partial charge in [0.1, 0.15) is 11.3 Å². The van der Waals surface area contributed by atoms with E-state index in [1.165, 1.54) is 11.5 Å². The van der Waals surface area contributed by atoms with Crippen molar-refractivity contribution < 1.29 is 0 Å². The number of fused-ring (bicyclic) bond motifs is 1. The van der Waals surface area contributed by atoms with Crippen molar-refractivity contribution in [3.05, 3.63) is 42.2 Å². The maximum Gasteiger partial charge on any atom is 0.146 e. The third kappa shape index (κ3) is 1.64. The predicted molar refractivity (Wildman–Crippen MR) is 76.7 cm³/mol. The molecule has 0 aliphatic rings. The van der Waals surface area contributed by atoms with Gasteiger partial charge in [0.15, 0.2) is 0 Å². The Bertz CT molecular complexity index is 873. The zero-order valence-corrected chi connectivity index (χ0v) is 11.4. The number of aromatic nitrogens is 6. The molecule has 0 N–H and O–H groups in total. The fraction of sp³-hybridized carbons (Fsp3) is 0.0769. The topological polar surface area (TPSA) is 61.4 Å². The second-order valence-electron chi connectivity index (χ2n) is 4.42. The molecule has 98 valence electrons. The average Bonchev–Trinajstić information content (AvgIpc) is 3.18. The van der Waals surface area contributed by atoms with Crippen molar-refractivity contribution in [3.8, 4) is 17.1 Å². The third-order valence-electron chi connectivity index (χ3n) is 3.20. The number of imidazole rings is 1. The first-order valence-corrected chi connectivity index (χ1v) is 6.89. The van der Waals surface area contributed by atoms with Crippen LogP contribution >= 0.6 is 11.5 Å². The van der Waals surface area contributed by atoms with E-state index in [1.54, 1.807) is 10.9 Å². The van der Waals surface area contributed by atoms with Gasteiger partial charge in [-0.05, 0) is 29.7 Å². The SMILES string of the molecule is Cn1nnc2cc(-n3ccnc3-c3cnsc3)ccc21. The maximum atomic E-state index is 4.41. The summed E-state index contributed by atoms with van der Waals surface area (Å²) in [6.45, 7) is 0. The number of rotatable bonds is 2. The summed E-state index contributed by atoms with van der Waals surface area (Å²) in [6.07, 6.45) is 5.54. The van der Waals surface area contributed by atoms with Crippen LogP contribution in [-0.2, 0) is 7.05 Å². The van der Waals surface area contributed by atoms with Crippen molar-refractivity contribution >= 4 is 22.6 Å². The summed E-state index contributed by atoms with van der Waals surface area (Å²) < 4.78 is 7.92. The maximum absolute atomic E-state index is 4.41. The second kappa shape index (κ2) is 4.24. The summed E-state index contributed by atoms with van der Waals surface area (Å²) in [5.41, 5.74) is 3.90. The van der Waals surface area contributed by atoms with E-state index in [4.69, 9.17) is 0 Å². The quantitative estimate of drug-likeness (QED) is 0.566. The molecule has 0 fully saturated rings. The van der Waals surface area contributed by atoms with Crippen LogP contribution in [0.4, 0.5) is 0 Å². The standard InChI is InChI=1S/C13H10N6S/c1-18-12-3-2-10(6-11(12)16-17-18)19-5-4-14-13(19)9-7-15-20-8-9/h2-8H,1H3. The van der Waals surface area contributed by atoms with Gasteiger partial charge in [-0.2, -0.15) is 0 Å². The summed E-state index contributed by atoms with van der Waals surface area (Å²) in [5.74, 6) is 0.877. The summed E-state index contributed by atoms with van der Waals surface area (Å²) in [6, 6.07) is 6.06. The molecule has 4 aromatic rings. The van der Waals surface area contributed by atoms with Crippen LogP contribution in [0.5, 0.6) is 0 Å². The van der Waals surface area contributed by atoms with Crippen LogP contribution in [0.25, 0.3) is 28.1 Å². The molecule has 1 aromatic carbocycles. The Morgan fingerprint density at radius 1 is 1.25 bits per heavy atom. The normalized spacial score (nSPS) is 11.2. The Morgan fingerprint density at radius 3 is 3.05 bits per heavy atom. The fourth-order valence-electron chi connectivity index (χ4n) is 2.22. The van der Waals surface area contributed by atoms with E-state index in [0.717, 1.165) is 28.1 Å². The molecule has 0 saturated heterocycles. The molecule has 0 aliphatic carbocycles. The average molecular weight is 282 g/mol. The van der Waals surface area contributed by atoms with Crippen molar-refractivity contribution in [2.75, 3.05) is 0 Å². The van der Waals surface area contributed by atoms with Crippen LogP contribution in [0.15, 0.2) is 42.2 Å². The molecule has 0 atom stereocenters. The predicted octanol–water partition coefficient (Wildman–Crippen LogP) is 2.28. The van der Waals surface area contributed by atoms with E-state index < -0.39 is 0 Å². The van der Waals surface area contributed by atoms with E-state index in [9.17, 15) is 0 Å². The minimum absolute atomic E-state index is 0.869. The molecule has 4 rings (SSSR count). The van der Waals surface area contributed by atoms with E-state index in [2.05, 4.69) is 19.7 Å². The highest BCUT2D eigenvalue weighted by Gasteiger charge is 2.10. The van der Waals surface area contributed by atoms with E-state index in [-0.39, 0.29) is 0 Å². The van der Waals surface area contributed by atoms with Crippen LogP contribution < -0.4 is 0 Å². The minimum atomic E-state index is 0.869. The van der Waals surface area contributed by atoms with Crippen LogP contribution in [0.2, 0.25) is 0 Å². The summed E-state index contributed by atoms with van der Waals surface area (Å²) in [4.78, 5) is 4.41. The molecule has 0 bridgehead atoms. The van der Waals surface area contributed by atoms with Gasteiger partial charge in [-0.3, -0.25) is 4.57 Å². The summed E-state index contributed by atoms with van der Waals surface area (Å²) in [5, 5.41) is 10.2. The van der Waals surface area contributed by atoms with Gasteiger partial charge in [-0.25, -0.2) is 14.0 Å². The summed E-state index contributed by atoms with van der Waals surface area (Å²) in [7, 11) is 1.88. The van der Waals surface area contributed by atoms with Crippen molar-refractivity contribution in [2.24, 2.45) is 7.05 Å². The van der Waals surface area contributed by atoms with Gasteiger partial charge < -0.3 is 0 Å². The lowest BCUT2D eigenvalue weighted by molar-refractivity contribution is 0.736. The molecule has 0 aliphatic heterocycles. The Balaban J connectivity index is 1.89. The van der Waals surface area contributed by atoms with E-state index in [1.807, 2.05) is 47.6 Å². The smallest absolute Gasteiger partial charge is 0.146 e. The van der Waals surface area contributed by atoms with Gasteiger partial charge in [0.05, 0.1) is 11.7 Å². The first kappa shape index (κ1) is 11.3. The highest BCUT2D eigenvalue weighted by atomic mass is 32.1. The third-order valence-corrected chi connectivity index (χ3v) is 3.79. The fourth-order valence-corrected chi connectivity index (χ4v) is 2.73. The van der Waals surface area contributed by atoms with Gasteiger partial charge in [-0.1, -0.05) is 5.21 Å². The largest absolute Gasteiger partial charge is 0.300 e. The van der Waals surface area contributed by atoms with Gasteiger partial charge >= 0.3 is 0 Å². The van der Waals surface area contributed by atoms with E-state index >= 15 is 0 Å². The molecule has 0 unspecified atom stereocenters. The highest BCUT2D eigenvalue weighted by molar-refractivity contribution is 7.03. The summed E-state index contributed by atoms with van der Waals surface area (Å²) >= 11 is 1.42. The monoisotopic (exact) mass is 282 g/mol. The molecule has 0 amide bonds. The Morgan fingerprint density at radius 2 is 2.20 bits per heavy atom. The minimum Gasteiger partial charge on any atom is -0.300 e. The van der Waals surface area contributed by atoms with Gasteiger partial charge in [0.2, 0.25) is 0 Å². The van der Waals surface area contributed by atoms with Crippen LogP contribution in [0.3, 0.4) is 0 Å². The lowest BCUT2D eigenvalue weighted by Crippen LogP contribution is -1.96. The lowest BCUT2D eigenvalue weighted by Gasteiger charge is -2.06. The number of hydrogen-bond acceptors (Lipinski definition) is 5. The van der Waals surface area contributed by atoms with Gasteiger partial charge in [0.25, 0.3) is 0 Å². The second-order valence-corrected chi connectivity index (χ2v) is 5.08. The first-order chi connectivity index (χ1) is 9.83. The number of hydrogen-bond donors (Lipinski definition) is 0. The molecule has 6 nitrogen and oxygen atoms in total. The van der Waals surface area contributed by atoms with Gasteiger partial charge in [-0.15, -0.1) is 5.10 Å². The molecule has 0 saturated carbocycles. The van der Waals surface area contributed by atoms with Gasteiger partial charge in [0, 0.05) is 36.1 Å². The molecule has 0 radical (unpaired) electrons. The highest BCUT2D eigenvalue weighted by Crippen LogP contribution is 2.23. The molecule has 0 spiro atoms. The molecular formula is C13H10N6S. The van der Waals surface area contributed by atoms with E-state index in [0.29, 0.717) is 0 Å². The van der Waals surface area contributed by atoms with Crippen LogP contribution in [-0.4, -0.2) is 28.9 Å². The van der Waals surface area contributed by atoms with Crippen LogP contribution in [0.1, 0.15) is 0 Å². The van der Waals surface area contributed by atoms with Crippen molar-refractivity contribution in [1.82, 2.24) is 28.9 Å². The zero-order chi connectivity index (χ0) is 13.5.